The molecule has 8 heteroatoms. The number of hydrogen-bond donors (Lipinski definition) is 1. The van der Waals surface area contributed by atoms with Gasteiger partial charge in [-0.1, -0.05) is 0 Å². The molecular formula is C16H24N2O5S. The van der Waals surface area contributed by atoms with Crippen molar-refractivity contribution in [3.05, 3.63) is 24.3 Å². The lowest BCUT2D eigenvalue weighted by molar-refractivity contribution is -0.131. The van der Waals surface area contributed by atoms with Gasteiger partial charge in [0.05, 0.1) is 18.1 Å². The summed E-state index contributed by atoms with van der Waals surface area (Å²) in [6, 6.07) is 6.23. The number of nitrogens with zero attached hydrogens (tertiary/aromatic N) is 1. The van der Waals surface area contributed by atoms with Crippen molar-refractivity contribution in [2.24, 2.45) is 0 Å². The van der Waals surface area contributed by atoms with E-state index in [-0.39, 0.29) is 24.0 Å². The Morgan fingerprint density at radius 1 is 1.33 bits per heavy atom. The molecule has 0 spiro atoms. The molecular weight excluding hydrogens is 332 g/mol. The second kappa shape index (κ2) is 7.50. The molecule has 24 heavy (non-hydrogen) atoms. The second-order valence-corrected chi connectivity index (χ2v) is 7.49. The molecule has 1 amide bonds. The number of carbonyl (C=O) groups is 1. The lowest BCUT2D eigenvalue weighted by Crippen LogP contribution is -2.59. The molecule has 1 aromatic rings. The Morgan fingerprint density at radius 2 is 2.00 bits per heavy atom. The molecule has 1 atom stereocenters. The van der Waals surface area contributed by atoms with Crippen LogP contribution in [0, 0.1) is 0 Å². The summed E-state index contributed by atoms with van der Waals surface area (Å²) < 4.78 is 37.9. The van der Waals surface area contributed by atoms with Gasteiger partial charge in [0.25, 0.3) is 0 Å². The molecule has 0 aromatic heterocycles. The van der Waals surface area contributed by atoms with Crippen molar-refractivity contribution in [2.75, 3.05) is 33.9 Å². The predicted octanol–water partition coefficient (Wildman–Crippen LogP) is 1.00. The highest BCUT2D eigenvalue weighted by atomic mass is 32.2. The summed E-state index contributed by atoms with van der Waals surface area (Å²) in [4.78, 5) is 12.6. The molecule has 1 saturated heterocycles. The predicted molar refractivity (Wildman–Crippen MR) is 89.4 cm³/mol. The van der Waals surface area contributed by atoms with E-state index >= 15 is 0 Å². The van der Waals surface area contributed by atoms with Crippen LogP contribution in [-0.4, -0.2) is 58.1 Å². The molecule has 0 bridgehead atoms. The summed E-state index contributed by atoms with van der Waals surface area (Å²) in [5.74, 6) is 0.253. The Hall–Kier alpha value is -1.64. The molecule has 1 fully saturated rings. The molecule has 0 saturated carbocycles. The van der Waals surface area contributed by atoms with Crippen molar-refractivity contribution in [1.29, 1.82) is 0 Å². The quantitative estimate of drug-likeness (QED) is 0.788. The highest BCUT2D eigenvalue weighted by Gasteiger charge is 2.52. The van der Waals surface area contributed by atoms with Gasteiger partial charge >= 0.3 is 0 Å². The number of rotatable bonds is 7. The molecule has 134 valence electrons. The lowest BCUT2D eigenvalue weighted by atomic mass is 9.97. The van der Waals surface area contributed by atoms with Crippen LogP contribution < -0.4 is 10.1 Å². The Balaban J connectivity index is 2.40. The Kier molecular flexibility index (Phi) is 5.84. The third kappa shape index (κ3) is 3.26. The van der Waals surface area contributed by atoms with Crippen molar-refractivity contribution in [1.82, 2.24) is 9.62 Å². The Bertz CT molecular complexity index is 674. The normalized spacial score (nSPS) is 21.6. The first kappa shape index (κ1) is 18.7. The van der Waals surface area contributed by atoms with Gasteiger partial charge in [-0.3, -0.25) is 4.79 Å². The minimum absolute atomic E-state index is 0.0168. The van der Waals surface area contributed by atoms with Crippen LogP contribution in [0.5, 0.6) is 5.75 Å². The molecule has 1 aromatic carbocycles. The maximum atomic E-state index is 13.1. The van der Waals surface area contributed by atoms with E-state index in [0.29, 0.717) is 25.2 Å². The van der Waals surface area contributed by atoms with E-state index in [1.165, 1.54) is 30.6 Å². The van der Waals surface area contributed by atoms with E-state index in [4.69, 9.17) is 9.47 Å². The molecule has 1 N–H and O–H groups in total. The van der Waals surface area contributed by atoms with Crippen LogP contribution in [-0.2, 0) is 19.6 Å². The number of sulfonamides is 1. The van der Waals surface area contributed by atoms with Crippen LogP contribution in [0.1, 0.15) is 19.8 Å². The monoisotopic (exact) mass is 356 g/mol. The van der Waals surface area contributed by atoms with Gasteiger partial charge in [0.2, 0.25) is 15.9 Å². The van der Waals surface area contributed by atoms with Gasteiger partial charge in [-0.15, -0.1) is 0 Å². The highest BCUT2D eigenvalue weighted by Crippen LogP contribution is 2.35. The molecule has 1 heterocycles. The van der Waals surface area contributed by atoms with Gasteiger partial charge in [-0.05, 0) is 44.0 Å². The zero-order chi connectivity index (χ0) is 17.8. The van der Waals surface area contributed by atoms with Crippen LogP contribution in [0.2, 0.25) is 0 Å². The van der Waals surface area contributed by atoms with Gasteiger partial charge in [0, 0.05) is 20.7 Å². The average molecular weight is 356 g/mol. The van der Waals surface area contributed by atoms with Crippen molar-refractivity contribution in [3.63, 3.8) is 0 Å². The van der Waals surface area contributed by atoms with E-state index in [2.05, 4.69) is 5.32 Å². The third-order valence-electron chi connectivity index (χ3n) is 4.18. The van der Waals surface area contributed by atoms with Crippen molar-refractivity contribution >= 4 is 15.9 Å². The third-order valence-corrected chi connectivity index (χ3v) is 6.16. The van der Waals surface area contributed by atoms with E-state index in [1.54, 1.807) is 12.1 Å². The van der Waals surface area contributed by atoms with Crippen LogP contribution in [0.15, 0.2) is 29.2 Å². The second-order valence-electron chi connectivity index (χ2n) is 5.63. The first-order valence-electron chi connectivity index (χ1n) is 7.89. The van der Waals surface area contributed by atoms with Crippen LogP contribution in [0.25, 0.3) is 0 Å². The maximum absolute atomic E-state index is 13.1. The standard InChI is InChI=1S/C16H24N2O5S/c1-4-23-13-6-8-14(9-7-13)24(20,21)18-11-5-10-16(18,12-22-3)15(19)17-2/h6-9H,4-5,10-12H2,1-3H3,(H,17,19). The summed E-state index contributed by atoms with van der Waals surface area (Å²) in [6.07, 6.45) is 1.03. The van der Waals surface area contributed by atoms with E-state index in [1.807, 2.05) is 6.92 Å². The molecule has 7 nitrogen and oxygen atoms in total. The average Bonchev–Trinajstić information content (AvgIpc) is 3.01. The fourth-order valence-electron chi connectivity index (χ4n) is 3.11. The molecule has 1 aliphatic rings. The van der Waals surface area contributed by atoms with Crippen molar-refractivity contribution in [3.8, 4) is 5.75 Å². The molecule has 1 unspecified atom stereocenters. The number of methoxy groups -OCH3 is 1. The smallest absolute Gasteiger partial charge is 0.244 e. The number of nitrogens with one attached hydrogen (secondary N) is 1. The summed E-state index contributed by atoms with van der Waals surface area (Å²) in [5.41, 5.74) is -1.21. The number of benzene rings is 1. The van der Waals surface area contributed by atoms with Gasteiger partial charge in [0.15, 0.2) is 0 Å². The first-order chi connectivity index (χ1) is 11.4. The van der Waals surface area contributed by atoms with Crippen LogP contribution >= 0.6 is 0 Å². The van der Waals surface area contributed by atoms with E-state index < -0.39 is 15.6 Å². The lowest BCUT2D eigenvalue weighted by Gasteiger charge is -2.35. The summed E-state index contributed by atoms with van der Waals surface area (Å²) in [6.45, 7) is 2.67. The summed E-state index contributed by atoms with van der Waals surface area (Å²) >= 11 is 0. The molecule has 1 aliphatic heterocycles. The van der Waals surface area contributed by atoms with Gasteiger partial charge < -0.3 is 14.8 Å². The van der Waals surface area contributed by atoms with Gasteiger partial charge in [-0.2, -0.15) is 4.31 Å². The van der Waals surface area contributed by atoms with E-state index in [0.717, 1.165) is 0 Å². The molecule has 2 rings (SSSR count). The Labute approximate surface area is 143 Å². The minimum Gasteiger partial charge on any atom is -0.494 e. The summed E-state index contributed by atoms with van der Waals surface area (Å²) in [5, 5.41) is 2.57. The number of hydrogen-bond acceptors (Lipinski definition) is 5. The number of ether oxygens (including phenoxy) is 2. The number of carbonyl (C=O) groups excluding carboxylic acids is 1. The highest BCUT2D eigenvalue weighted by molar-refractivity contribution is 7.89. The minimum atomic E-state index is -3.82. The maximum Gasteiger partial charge on any atom is 0.244 e. The van der Waals surface area contributed by atoms with E-state index in [9.17, 15) is 13.2 Å². The summed E-state index contributed by atoms with van der Waals surface area (Å²) in [7, 11) is -0.856. The molecule has 0 aliphatic carbocycles. The zero-order valence-electron chi connectivity index (χ0n) is 14.2. The van der Waals surface area contributed by atoms with Crippen molar-refractivity contribution in [2.45, 2.75) is 30.2 Å². The SMILES string of the molecule is CCOc1ccc(S(=O)(=O)N2CCCC2(COC)C(=O)NC)cc1. The Morgan fingerprint density at radius 3 is 2.54 bits per heavy atom. The van der Waals surface area contributed by atoms with Gasteiger partial charge in [0.1, 0.15) is 11.3 Å². The van der Waals surface area contributed by atoms with Crippen molar-refractivity contribution < 1.29 is 22.7 Å². The molecule has 0 radical (unpaired) electrons. The zero-order valence-corrected chi connectivity index (χ0v) is 15.1. The first-order valence-corrected chi connectivity index (χ1v) is 9.33. The number of amides is 1. The topological polar surface area (TPSA) is 84.9 Å². The van der Waals surface area contributed by atoms with Crippen LogP contribution in [0.3, 0.4) is 0 Å². The largest absolute Gasteiger partial charge is 0.494 e. The fourth-order valence-corrected chi connectivity index (χ4v) is 4.90. The fraction of sp³-hybridized carbons (Fsp3) is 0.562. The van der Waals surface area contributed by atoms with Gasteiger partial charge in [-0.25, -0.2) is 8.42 Å². The van der Waals surface area contributed by atoms with Crippen LogP contribution in [0.4, 0.5) is 0 Å². The number of likely N-dealkylation sites (N-methyl/N-ethyl adjacent to an activating group) is 1.